The van der Waals surface area contributed by atoms with Crippen molar-refractivity contribution in [2.75, 3.05) is 6.61 Å². The molecule has 3 nitrogen and oxygen atoms in total. The highest BCUT2D eigenvalue weighted by Gasteiger charge is 2.43. The third-order valence-electron chi connectivity index (χ3n) is 3.27. The van der Waals surface area contributed by atoms with Crippen LogP contribution in [0, 0.1) is 5.92 Å². The van der Waals surface area contributed by atoms with E-state index < -0.39 is 5.54 Å². The van der Waals surface area contributed by atoms with E-state index in [0.29, 0.717) is 12.5 Å². The third kappa shape index (κ3) is 2.08. The van der Waals surface area contributed by atoms with Gasteiger partial charge in [-0.1, -0.05) is 26.2 Å². The number of carbonyl (C=O) groups excluding carboxylic acids is 1. The lowest BCUT2D eigenvalue weighted by Crippen LogP contribution is -2.56. The summed E-state index contributed by atoms with van der Waals surface area (Å²) in [5.41, 5.74) is 5.46. The maximum Gasteiger partial charge on any atom is 0.326 e. The minimum Gasteiger partial charge on any atom is -0.465 e. The lowest BCUT2D eigenvalue weighted by atomic mass is 9.72. The van der Waals surface area contributed by atoms with Crippen molar-refractivity contribution in [1.82, 2.24) is 0 Å². The molecule has 2 atom stereocenters. The summed E-state index contributed by atoms with van der Waals surface area (Å²) in [7, 11) is 0. The quantitative estimate of drug-likeness (QED) is 0.706. The predicted molar refractivity (Wildman–Crippen MR) is 55.8 cm³/mol. The van der Waals surface area contributed by atoms with Crippen molar-refractivity contribution in [3.8, 4) is 0 Å². The molecule has 1 fully saturated rings. The molecule has 14 heavy (non-hydrogen) atoms. The van der Waals surface area contributed by atoms with Crippen LogP contribution in [0.2, 0.25) is 0 Å². The molecule has 0 amide bonds. The minimum atomic E-state index is -0.705. The fraction of sp³-hybridized carbons (Fsp3) is 0.909. The van der Waals surface area contributed by atoms with E-state index in [9.17, 15) is 4.79 Å². The van der Waals surface area contributed by atoms with Gasteiger partial charge < -0.3 is 10.5 Å². The number of carbonyl (C=O) groups is 1. The van der Waals surface area contributed by atoms with Gasteiger partial charge in [-0.05, 0) is 25.7 Å². The summed E-state index contributed by atoms with van der Waals surface area (Å²) in [6, 6.07) is 0. The van der Waals surface area contributed by atoms with Crippen LogP contribution in [0.1, 0.15) is 46.0 Å². The van der Waals surface area contributed by atoms with Crippen LogP contribution in [-0.4, -0.2) is 18.1 Å². The molecule has 1 aliphatic carbocycles. The summed E-state index contributed by atoms with van der Waals surface area (Å²) in [6.45, 7) is 4.34. The van der Waals surface area contributed by atoms with Gasteiger partial charge in [-0.3, -0.25) is 4.79 Å². The lowest BCUT2D eigenvalue weighted by Gasteiger charge is -2.38. The zero-order valence-electron chi connectivity index (χ0n) is 9.21. The number of ether oxygens (including phenoxy) is 1. The molecule has 0 saturated heterocycles. The van der Waals surface area contributed by atoms with Crippen molar-refractivity contribution in [2.24, 2.45) is 11.7 Å². The van der Waals surface area contributed by atoms with E-state index in [2.05, 4.69) is 6.92 Å². The Bertz CT molecular complexity index is 205. The summed E-state index contributed by atoms with van der Waals surface area (Å²) in [5.74, 6) is 0.0989. The molecule has 0 heterocycles. The summed E-state index contributed by atoms with van der Waals surface area (Å²) in [6.07, 6.45) is 5.05. The van der Waals surface area contributed by atoms with Gasteiger partial charge in [0, 0.05) is 0 Å². The fourth-order valence-corrected chi connectivity index (χ4v) is 2.37. The highest BCUT2D eigenvalue weighted by atomic mass is 16.5. The smallest absolute Gasteiger partial charge is 0.326 e. The van der Waals surface area contributed by atoms with Crippen molar-refractivity contribution in [1.29, 1.82) is 0 Å². The second-order valence-corrected chi connectivity index (χ2v) is 4.11. The van der Waals surface area contributed by atoms with Crippen molar-refractivity contribution in [3.05, 3.63) is 0 Å². The topological polar surface area (TPSA) is 52.3 Å². The minimum absolute atomic E-state index is 0.202. The molecule has 0 bridgehead atoms. The second-order valence-electron chi connectivity index (χ2n) is 4.11. The van der Waals surface area contributed by atoms with Gasteiger partial charge in [0.15, 0.2) is 0 Å². The molecule has 3 heteroatoms. The van der Waals surface area contributed by atoms with Gasteiger partial charge in [0.1, 0.15) is 5.54 Å². The van der Waals surface area contributed by atoms with Crippen LogP contribution in [0.15, 0.2) is 0 Å². The van der Waals surface area contributed by atoms with Crippen LogP contribution in [-0.2, 0) is 9.53 Å². The van der Waals surface area contributed by atoms with Crippen LogP contribution in [0.25, 0.3) is 0 Å². The van der Waals surface area contributed by atoms with Gasteiger partial charge in [0.25, 0.3) is 0 Å². The lowest BCUT2D eigenvalue weighted by molar-refractivity contribution is -0.153. The standard InChI is InChI=1S/C11H21NO2/c1-3-9-7-5-6-8-11(9,12)10(13)14-4-2/h9H,3-8,12H2,1-2H3. The first kappa shape index (κ1) is 11.5. The van der Waals surface area contributed by atoms with E-state index in [4.69, 9.17) is 10.5 Å². The van der Waals surface area contributed by atoms with E-state index in [1.165, 1.54) is 6.42 Å². The molecule has 1 aliphatic rings. The molecule has 1 saturated carbocycles. The van der Waals surface area contributed by atoms with E-state index in [1.807, 2.05) is 6.92 Å². The van der Waals surface area contributed by atoms with E-state index in [0.717, 1.165) is 25.7 Å². The Hall–Kier alpha value is -0.570. The molecule has 0 radical (unpaired) electrons. The van der Waals surface area contributed by atoms with Crippen LogP contribution < -0.4 is 5.73 Å². The molecule has 82 valence electrons. The van der Waals surface area contributed by atoms with Crippen LogP contribution in [0.5, 0.6) is 0 Å². The first-order chi connectivity index (χ1) is 6.65. The van der Waals surface area contributed by atoms with Gasteiger partial charge in [0.2, 0.25) is 0 Å². The Labute approximate surface area is 86.0 Å². The van der Waals surface area contributed by atoms with E-state index in [-0.39, 0.29) is 5.97 Å². The predicted octanol–water partition coefficient (Wildman–Crippen LogP) is 1.85. The molecule has 0 aromatic heterocycles. The second kappa shape index (κ2) is 4.78. The molecule has 0 aromatic carbocycles. The van der Waals surface area contributed by atoms with Crippen molar-refractivity contribution in [3.63, 3.8) is 0 Å². The monoisotopic (exact) mass is 199 g/mol. The SMILES string of the molecule is CCOC(=O)C1(N)CCCCC1CC. The molecule has 1 rings (SSSR count). The average molecular weight is 199 g/mol. The van der Waals surface area contributed by atoms with Crippen molar-refractivity contribution >= 4 is 5.97 Å². The summed E-state index contributed by atoms with van der Waals surface area (Å²) in [4.78, 5) is 11.7. The summed E-state index contributed by atoms with van der Waals surface area (Å²) < 4.78 is 5.05. The van der Waals surface area contributed by atoms with Gasteiger partial charge in [-0.2, -0.15) is 0 Å². The summed E-state index contributed by atoms with van der Waals surface area (Å²) >= 11 is 0. The van der Waals surface area contributed by atoms with E-state index in [1.54, 1.807) is 0 Å². The maximum atomic E-state index is 11.7. The Balaban J connectivity index is 2.71. The van der Waals surface area contributed by atoms with Gasteiger partial charge in [-0.15, -0.1) is 0 Å². The normalized spacial score (nSPS) is 32.6. The van der Waals surface area contributed by atoms with Gasteiger partial charge in [-0.25, -0.2) is 0 Å². The van der Waals surface area contributed by atoms with Crippen LogP contribution in [0.3, 0.4) is 0 Å². The molecule has 2 N–H and O–H groups in total. The molecule has 0 aromatic rings. The fourth-order valence-electron chi connectivity index (χ4n) is 2.37. The number of hydrogen-bond donors (Lipinski definition) is 1. The third-order valence-corrected chi connectivity index (χ3v) is 3.27. The Morgan fingerprint density at radius 1 is 1.50 bits per heavy atom. The van der Waals surface area contributed by atoms with E-state index >= 15 is 0 Å². The average Bonchev–Trinajstić information content (AvgIpc) is 2.19. The first-order valence-electron chi connectivity index (χ1n) is 5.61. The number of rotatable bonds is 3. The van der Waals surface area contributed by atoms with Crippen molar-refractivity contribution in [2.45, 2.75) is 51.5 Å². The zero-order valence-corrected chi connectivity index (χ0v) is 9.21. The Morgan fingerprint density at radius 3 is 2.79 bits per heavy atom. The molecule has 0 spiro atoms. The van der Waals surface area contributed by atoms with Gasteiger partial charge >= 0.3 is 5.97 Å². The van der Waals surface area contributed by atoms with Crippen molar-refractivity contribution < 1.29 is 9.53 Å². The zero-order chi connectivity index (χ0) is 10.6. The van der Waals surface area contributed by atoms with Crippen LogP contribution >= 0.6 is 0 Å². The molecule has 0 aliphatic heterocycles. The Morgan fingerprint density at radius 2 is 2.21 bits per heavy atom. The van der Waals surface area contributed by atoms with Gasteiger partial charge in [0.05, 0.1) is 6.61 Å². The first-order valence-corrected chi connectivity index (χ1v) is 5.61. The highest BCUT2D eigenvalue weighted by Crippen LogP contribution is 2.34. The highest BCUT2D eigenvalue weighted by molar-refractivity contribution is 5.81. The van der Waals surface area contributed by atoms with Crippen LogP contribution in [0.4, 0.5) is 0 Å². The number of esters is 1. The maximum absolute atomic E-state index is 11.7. The molecule has 2 unspecified atom stereocenters. The molecular formula is C11H21NO2. The number of nitrogens with two attached hydrogens (primary N) is 1. The number of hydrogen-bond acceptors (Lipinski definition) is 3. The summed E-state index contributed by atoms with van der Waals surface area (Å²) in [5, 5.41) is 0. The molecular weight excluding hydrogens is 178 g/mol. The Kier molecular flexibility index (Phi) is 3.93. The largest absolute Gasteiger partial charge is 0.465 e.